The van der Waals surface area contributed by atoms with Crippen molar-refractivity contribution >= 4 is 33.8 Å². The minimum absolute atomic E-state index is 0.155. The summed E-state index contributed by atoms with van der Waals surface area (Å²) < 4.78 is 0. The van der Waals surface area contributed by atoms with Crippen molar-refractivity contribution in [3.8, 4) is 0 Å². The quantitative estimate of drug-likeness (QED) is 0.358. The first-order valence-electron chi connectivity index (χ1n) is 10.5. The average Bonchev–Trinajstić information content (AvgIpc) is 3.42. The predicted octanol–water partition coefficient (Wildman–Crippen LogP) is 6.95. The van der Waals surface area contributed by atoms with Gasteiger partial charge < -0.3 is 0 Å². The van der Waals surface area contributed by atoms with Gasteiger partial charge in [0.25, 0.3) is 0 Å². The third kappa shape index (κ3) is 2.83. The monoisotopic (exact) mass is 408 g/mol. The topological polar surface area (TPSA) is 15.6 Å². The molecule has 1 aliphatic carbocycles. The lowest BCUT2D eigenvalue weighted by molar-refractivity contribution is 0.709. The lowest BCUT2D eigenvalue weighted by atomic mass is 9.93. The molecule has 146 valence electrons. The van der Waals surface area contributed by atoms with Crippen LogP contribution in [0.25, 0.3) is 10.8 Å². The van der Waals surface area contributed by atoms with Crippen LogP contribution in [0.1, 0.15) is 34.7 Å². The summed E-state index contributed by atoms with van der Waals surface area (Å²) in [6.07, 6.45) is 3.16. The van der Waals surface area contributed by atoms with Crippen LogP contribution in [0.2, 0.25) is 5.02 Å². The summed E-state index contributed by atoms with van der Waals surface area (Å²) in [6, 6.07) is 30.1. The molecule has 0 saturated carbocycles. The number of para-hydroxylation sites is 1. The maximum atomic E-state index is 6.15. The van der Waals surface area contributed by atoms with Crippen LogP contribution < -0.4 is 5.01 Å². The highest BCUT2D eigenvalue weighted by molar-refractivity contribution is 6.30. The van der Waals surface area contributed by atoms with Gasteiger partial charge >= 0.3 is 0 Å². The lowest BCUT2D eigenvalue weighted by Gasteiger charge is -2.24. The molecule has 0 unspecified atom stereocenters. The van der Waals surface area contributed by atoms with Gasteiger partial charge in [-0.1, -0.05) is 72.3 Å². The third-order valence-corrected chi connectivity index (χ3v) is 6.63. The molecule has 30 heavy (non-hydrogen) atoms. The minimum Gasteiger partial charge on any atom is -0.257 e. The van der Waals surface area contributed by atoms with Crippen LogP contribution in [0.3, 0.4) is 0 Å². The maximum absolute atomic E-state index is 6.15. The molecule has 2 aliphatic rings. The Morgan fingerprint density at radius 1 is 0.767 bits per heavy atom. The largest absolute Gasteiger partial charge is 0.257 e. The Kier molecular flexibility index (Phi) is 4.14. The molecule has 1 aliphatic heterocycles. The van der Waals surface area contributed by atoms with E-state index in [2.05, 4.69) is 71.7 Å². The summed E-state index contributed by atoms with van der Waals surface area (Å²) >= 11 is 6.15. The van der Waals surface area contributed by atoms with E-state index in [-0.39, 0.29) is 6.04 Å². The smallest absolute Gasteiger partial charge is 0.0831 e. The van der Waals surface area contributed by atoms with Gasteiger partial charge in [0, 0.05) is 17.0 Å². The van der Waals surface area contributed by atoms with E-state index >= 15 is 0 Å². The van der Waals surface area contributed by atoms with E-state index in [1.54, 1.807) is 0 Å². The van der Waals surface area contributed by atoms with E-state index in [9.17, 15) is 0 Å². The number of nitrogens with zero attached hydrogens (tertiary/aromatic N) is 2. The molecule has 0 spiro atoms. The number of aryl methyl sites for hydroxylation is 2. The summed E-state index contributed by atoms with van der Waals surface area (Å²) in [5.74, 6) is 0. The Balaban J connectivity index is 1.49. The normalized spacial score (nSPS) is 17.6. The Hall–Kier alpha value is -3.10. The van der Waals surface area contributed by atoms with E-state index in [0.29, 0.717) is 0 Å². The van der Waals surface area contributed by atoms with Crippen LogP contribution in [-0.2, 0) is 12.8 Å². The van der Waals surface area contributed by atoms with E-state index in [0.717, 1.165) is 35.7 Å². The first-order valence-corrected chi connectivity index (χ1v) is 10.9. The van der Waals surface area contributed by atoms with Crippen molar-refractivity contribution in [1.29, 1.82) is 0 Å². The van der Waals surface area contributed by atoms with Crippen LogP contribution in [0, 0.1) is 0 Å². The van der Waals surface area contributed by atoms with Crippen molar-refractivity contribution in [2.45, 2.75) is 25.3 Å². The summed E-state index contributed by atoms with van der Waals surface area (Å²) in [4.78, 5) is 0. The highest BCUT2D eigenvalue weighted by atomic mass is 35.5. The van der Waals surface area contributed by atoms with Crippen LogP contribution in [0.15, 0.2) is 90.0 Å². The number of benzene rings is 4. The SMILES string of the molecule is Clc1ccc([C@H]2CC(c3ccc4c5c(cccc35)CC4)=NN2c2ccccc2)cc1. The number of anilines is 1. The molecule has 0 fully saturated rings. The third-order valence-electron chi connectivity index (χ3n) is 6.37. The van der Waals surface area contributed by atoms with Gasteiger partial charge in [-0.05, 0) is 64.6 Å². The molecule has 0 aromatic heterocycles. The summed E-state index contributed by atoms with van der Waals surface area (Å²) in [7, 11) is 0. The first-order chi connectivity index (χ1) is 14.8. The van der Waals surface area contributed by atoms with Crippen molar-refractivity contribution in [1.82, 2.24) is 0 Å². The summed E-state index contributed by atoms with van der Waals surface area (Å²) in [5.41, 5.74) is 7.69. The Morgan fingerprint density at radius 2 is 1.53 bits per heavy atom. The molecule has 6 rings (SSSR count). The fraction of sp³-hybridized carbons (Fsp3) is 0.148. The molecule has 0 N–H and O–H groups in total. The second kappa shape index (κ2) is 7.00. The summed E-state index contributed by atoms with van der Waals surface area (Å²) in [6.45, 7) is 0. The highest BCUT2D eigenvalue weighted by Crippen LogP contribution is 2.40. The molecule has 0 amide bonds. The number of hydrogen-bond acceptors (Lipinski definition) is 2. The van der Waals surface area contributed by atoms with Crippen molar-refractivity contribution < 1.29 is 0 Å². The van der Waals surface area contributed by atoms with E-state index in [1.807, 2.05) is 18.2 Å². The molecule has 1 atom stereocenters. The molecule has 0 bridgehead atoms. The van der Waals surface area contributed by atoms with E-state index < -0.39 is 0 Å². The van der Waals surface area contributed by atoms with Gasteiger partial charge in [0.1, 0.15) is 0 Å². The van der Waals surface area contributed by atoms with Gasteiger partial charge in [0.15, 0.2) is 0 Å². The van der Waals surface area contributed by atoms with Gasteiger partial charge in [0.05, 0.1) is 17.4 Å². The van der Waals surface area contributed by atoms with Gasteiger partial charge in [-0.2, -0.15) is 5.10 Å². The number of hydrazone groups is 1. The molecule has 0 radical (unpaired) electrons. The van der Waals surface area contributed by atoms with Crippen molar-refractivity contribution in [2.75, 3.05) is 5.01 Å². The number of rotatable bonds is 3. The van der Waals surface area contributed by atoms with Gasteiger partial charge in [0.2, 0.25) is 0 Å². The van der Waals surface area contributed by atoms with Crippen LogP contribution in [0.5, 0.6) is 0 Å². The van der Waals surface area contributed by atoms with Crippen molar-refractivity contribution in [2.24, 2.45) is 5.10 Å². The molecule has 4 aromatic rings. The predicted molar refractivity (Wildman–Crippen MR) is 126 cm³/mol. The number of halogens is 1. The van der Waals surface area contributed by atoms with Gasteiger partial charge in [-0.25, -0.2) is 0 Å². The van der Waals surface area contributed by atoms with E-state index in [1.165, 1.54) is 33.0 Å². The van der Waals surface area contributed by atoms with Gasteiger partial charge in [-0.3, -0.25) is 5.01 Å². The summed E-state index contributed by atoms with van der Waals surface area (Å²) in [5, 5.41) is 10.9. The first kappa shape index (κ1) is 17.7. The molecule has 4 aromatic carbocycles. The second-order valence-electron chi connectivity index (χ2n) is 8.11. The molecular weight excluding hydrogens is 388 g/mol. The fourth-order valence-corrected chi connectivity index (χ4v) is 5.06. The molecule has 1 heterocycles. The van der Waals surface area contributed by atoms with Crippen molar-refractivity contribution in [3.63, 3.8) is 0 Å². The van der Waals surface area contributed by atoms with Crippen LogP contribution in [-0.4, -0.2) is 5.71 Å². The number of hydrogen-bond donors (Lipinski definition) is 0. The second-order valence-corrected chi connectivity index (χ2v) is 8.55. The Bertz CT molecular complexity index is 1270. The zero-order valence-electron chi connectivity index (χ0n) is 16.6. The molecule has 2 nitrogen and oxygen atoms in total. The highest BCUT2D eigenvalue weighted by Gasteiger charge is 2.31. The fourth-order valence-electron chi connectivity index (χ4n) is 4.93. The van der Waals surface area contributed by atoms with Gasteiger partial charge in [-0.15, -0.1) is 0 Å². The molecule has 3 heteroatoms. The Morgan fingerprint density at radius 3 is 2.33 bits per heavy atom. The standard InChI is InChI=1S/C27H21ClN2/c28-21-14-11-18(12-15-21)26-17-25(29-30(26)22-6-2-1-3-7-22)23-16-13-20-10-9-19-5-4-8-24(23)27(19)20/h1-8,11-16,26H,9-10,17H2/t26-/m1/s1. The Labute approximate surface area is 181 Å². The zero-order chi connectivity index (χ0) is 20.1. The van der Waals surface area contributed by atoms with E-state index in [4.69, 9.17) is 16.7 Å². The zero-order valence-corrected chi connectivity index (χ0v) is 17.3. The molecular formula is C27H21ClN2. The average molecular weight is 409 g/mol. The minimum atomic E-state index is 0.155. The van der Waals surface area contributed by atoms with Crippen LogP contribution in [0.4, 0.5) is 5.69 Å². The van der Waals surface area contributed by atoms with Crippen molar-refractivity contribution in [3.05, 3.63) is 112 Å². The maximum Gasteiger partial charge on any atom is 0.0831 e. The lowest BCUT2D eigenvalue weighted by Crippen LogP contribution is -2.18. The molecule has 0 saturated heterocycles. The van der Waals surface area contributed by atoms with Crippen LogP contribution >= 0.6 is 11.6 Å².